The van der Waals surface area contributed by atoms with Crippen LogP contribution in [0.2, 0.25) is 0 Å². The first kappa shape index (κ1) is 23.2. The summed E-state index contributed by atoms with van der Waals surface area (Å²) in [5.41, 5.74) is 1.86. The average Bonchev–Trinajstić information content (AvgIpc) is 2.76. The normalized spacial score (nSPS) is 18.3. The van der Waals surface area contributed by atoms with Gasteiger partial charge in [0.2, 0.25) is 5.91 Å². The third-order valence-corrected chi connectivity index (χ3v) is 7.31. The zero-order valence-electron chi connectivity index (χ0n) is 18.3. The van der Waals surface area contributed by atoms with Gasteiger partial charge in [0, 0.05) is 25.2 Å². The van der Waals surface area contributed by atoms with E-state index < -0.39 is 15.9 Å². The fraction of sp³-hybridized carbons (Fsp3) is 0.435. The molecule has 1 heterocycles. The molecule has 168 valence electrons. The van der Waals surface area contributed by atoms with Gasteiger partial charge in [-0.1, -0.05) is 48.5 Å². The van der Waals surface area contributed by atoms with Gasteiger partial charge in [0.05, 0.1) is 24.7 Å². The number of hydrogen-bond donors (Lipinski definition) is 1. The van der Waals surface area contributed by atoms with Crippen LogP contribution in [0.4, 0.5) is 0 Å². The first-order valence-electron chi connectivity index (χ1n) is 10.4. The Balaban J connectivity index is 1.79. The Bertz CT molecular complexity index is 965. The summed E-state index contributed by atoms with van der Waals surface area (Å²) in [5, 5.41) is 3.10. The van der Waals surface area contributed by atoms with Gasteiger partial charge in [-0.25, -0.2) is 8.42 Å². The van der Waals surface area contributed by atoms with Crippen LogP contribution in [0, 0.1) is 0 Å². The minimum Gasteiger partial charge on any atom is -0.496 e. The number of amides is 1. The second kappa shape index (κ2) is 10.3. The van der Waals surface area contributed by atoms with Gasteiger partial charge in [0.1, 0.15) is 11.8 Å². The summed E-state index contributed by atoms with van der Waals surface area (Å²) in [4.78, 5) is 17.4. The first-order chi connectivity index (χ1) is 14.8. The van der Waals surface area contributed by atoms with Crippen LogP contribution in [0.1, 0.15) is 23.2 Å². The number of carbonyl (C=O) groups is 1. The molecule has 2 aromatic rings. The van der Waals surface area contributed by atoms with E-state index in [0.29, 0.717) is 19.6 Å². The molecule has 3 rings (SSSR count). The van der Waals surface area contributed by atoms with Crippen molar-refractivity contribution in [1.82, 2.24) is 15.1 Å². The summed E-state index contributed by atoms with van der Waals surface area (Å²) in [6.45, 7) is 1.10. The number of nitrogens with zero attached hydrogens (tertiary/aromatic N) is 2. The average molecular weight is 446 g/mol. The van der Waals surface area contributed by atoms with Crippen LogP contribution in [-0.4, -0.2) is 76.5 Å². The van der Waals surface area contributed by atoms with E-state index in [1.54, 1.807) is 7.11 Å². The maximum atomic E-state index is 13.4. The van der Waals surface area contributed by atoms with Crippen LogP contribution in [0.15, 0.2) is 54.6 Å². The second-order valence-electron chi connectivity index (χ2n) is 7.97. The standard InChI is InChI=1S/C23H31N3O4S/c1-25(2)20(19-11-7-8-12-21(19)30-3)17-24-23(27)22(18-9-5-4-6-10-18)26-13-15-31(28,29)16-14-26/h4-12,20,22H,13-17H2,1-3H3,(H,24,27). The van der Waals surface area contributed by atoms with Crippen molar-refractivity contribution in [2.24, 2.45) is 0 Å². The van der Waals surface area contributed by atoms with Crippen molar-refractivity contribution in [1.29, 1.82) is 0 Å². The van der Waals surface area contributed by atoms with Crippen molar-refractivity contribution >= 4 is 15.7 Å². The molecule has 1 fully saturated rings. The van der Waals surface area contributed by atoms with E-state index >= 15 is 0 Å². The van der Waals surface area contributed by atoms with E-state index in [1.807, 2.05) is 78.5 Å². The molecule has 1 N–H and O–H groups in total. The topological polar surface area (TPSA) is 79.0 Å². The molecule has 1 saturated heterocycles. The number of nitrogens with one attached hydrogen (secondary N) is 1. The number of methoxy groups -OCH3 is 1. The molecule has 2 atom stereocenters. The largest absolute Gasteiger partial charge is 0.496 e. The highest BCUT2D eigenvalue weighted by Gasteiger charge is 2.33. The Morgan fingerprint density at radius 2 is 1.68 bits per heavy atom. The first-order valence-corrected chi connectivity index (χ1v) is 12.2. The van der Waals surface area contributed by atoms with Gasteiger partial charge in [-0.3, -0.25) is 9.69 Å². The summed E-state index contributed by atoms with van der Waals surface area (Å²) in [7, 11) is 2.54. The van der Waals surface area contributed by atoms with Crippen molar-refractivity contribution in [3.05, 3.63) is 65.7 Å². The fourth-order valence-electron chi connectivity index (χ4n) is 3.95. The van der Waals surface area contributed by atoms with E-state index in [4.69, 9.17) is 4.74 Å². The van der Waals surface area contributed by atoms with Crippen molar-refractivity contribution < 1.29 is 17.9 Å². The lowest BCUT2D eigenvalue weighted by molar-refractivity contribution is -0.126. The van der Waals surface area contributed by atoms with E-state index in [9.17, 15) is 13.2 Å². The molecule has 7 nitrogen and oxygen atoms in total. The number of benzene rings is 2. The van der Waals surface area contributed by atoms with Crippen molar-refractivity contribution in [2.75, 3.05) is 52.3 Å². The molecule has 0 bridgehead atoms. The number of para-hydroxylation sites is 1. The highest BCUT2D eigenvalue weighted by atomic mass is 32.2. The number of sulfone groups is 1. The Morgan fingerprint density at radius 1 is 1.06 bits per heavy atom. The lowest BCUT2D eigenvalue weighted by atomic mass is 10.0. The van der Waals surface area contributed by atoms with E-state index in [1.165, 1.54) is 0 Å². The summed E-state index contributed by atoms with van der Waals surface area (Å²) >= 11 is 0. The number of likely N-dealkylation sites (N-methyl/N-ethyl adjacent to an activating group) is 1. The summed E-state index contributed by atoms with van der Waals surface area (Å²) in [5.74, 6) is 0.791. The molecular weight excluding hydrogens is 414 g/mol. The third kappa shape index (κ3) is 5.84. The Labute approximate surface area is 184 Å². The molecular formula is C23H31N3O4S. The molecule has 0 saturated carbocycles. The van der Waals surface area contributed by atoms with Crippen LogP contribution in [-0.2, 0) is 14.6 Å². The molecule has 0 aliphatic carbocycles. The summed E-state index contributed by atoms with van der Waals surface area (Å²) < 4.78 is 29.3. The van der Waals surface area contributed by atoms with Crippen LogP contribution in [0.25, 0.3) is 0 Å². The van der Waals surface area contributed by atoms with Crippen LogP contribution in [0.3, 0.4) is 0 Å². The predicted octanol–water partition coefficient (Wildman–Crippen LogP) is 1.89. The SMILES string of the molecule is COc1ccccc1C(CNC(=O)C(c1ccccc1)N1CCS(=O)(=O)CC1)N(C)C. The zero-order chi connectivity index (χ0) is 22.4. The number of rotatable bonds is 8. The van der Waals surface area contributed by atoms with Crippen molar-refractivity contribution in [3.63, 3.8) is 0 Å². The Morgan fingerprint density at radius 3 is 2.29 bits per heavy atom. The highest BCUT2D eigenvalue weighted by molar-refractivity contribution is 7.91. The van der Waals surface area contributed by atoms with Gasteiger partial charge < -0.3 is 15.0 Å². The van der Waals surface area contributed by atoms with E-state index in [2.05, 4.69) is 5.32 Å². The second-order valence-corrected chi connectivity index (χ2v) is 10.3. The summed E-state index contributed by atoms with van der Waals surface area (Å²) in [6.07, 6.45) is 0. The maximum absolute atomic E-state index is 13.4. The number of carbonyl (C=O) groups excluding carboxylic acids is 1. The minimum absolute atomic E-state index is 0.0711. The fourth-order valence-corrected chi connectivity index (χ4v) is 5.18. The molecule has 1 aliphatic heterocycles. The molecule has 0 radical (unpaired) electrons. The predicted molar refractivity (Wildman–Crippen MR) is 122 cm³/mol. The van der Waals surface area contributed by atoms with E-state index in [-0.39, 0.29) is 23.5 Å². The van der Waals surface area contributed by atoms with Gasteiger partial charge in [0.25, 0.3) is 0 Å². The quantitative estimate of drug-likeness (QED) is 0.669. The molecule has 0 spiro atoms. The van der Waals surface area contributed by atoms with Gasteiger partial charge in [0.15, 0.2) is 9.84 Å². The minimum atomic E-state index is -3.03. The lowest BCUT2D eigenvalue weighted by Crippen LogP contribution is -2.48. The smallest absolute Gasteiger partial charge is 0.242 e. The molecule has 1 amide bonds. The van der Waals surface area contributed by atoms with Crippen molar-refractivity contribution in [2.45, 2.75) is 12.1 Å². The molecule has 2 aromatic carbocycles. The lowest BCUT2D eigenvalue weighted by Gasteiger charge is -2.34. The van der Waals surface area contributed by atoms with Crippen LogP contribution >= 0.6 is 0 Å². The number of ether oxygens (including phenoxy) is 1. The van der Waals surface area contributed by atoms with Gasteiger partial charge >= 0.3 is 0 Å². The molecule has 2 unspecified atom stereocenters. The highest BCUT2D eigenvalue weighted by Crippen LogP contribution is 2.28. The van der Waals surface area contributed by atoms with Gasteiger partial charge in [-0.2, -0.15) is 0 Å². The molecule has 1 aliphatic rings. The zero-order valence-corrected chi connectivity index (χ0v) is 19.1. The maximum Gasteiger partial charge on any atom is 0.242 e. The van der Waals surface area contributed by atoms with Crippen molar-refractivity contribution in [3.8, 4) is 5.75 Å². The monoisotopic (exact) mass is 445 g/mol. The summed E-state index contributed by atoms with van der Waals surface area (Å²) in [6, 6.07) is 16.7. The van der Waals surface area contributed by atoms with Gasteiger partial charge in [-0.05, 0) is 25.7 Å². The van der Waals surface area contributed by atoms with Crippen LogP contribution in [0.5, 0.6) is 5.75 Å². The molecule has 0 aromatic heterocycles. The Kier molecular flexibility index (Phi) is 7.69. The number of hydrogen-bond acceptors (Lipinski definition) is 6. The molecule has 31 heavy (non-hydrogen) atoms. The Hall–Kier alpha value is -2.42. The molecule has 8 heteroatoms. The van der Waals surface area contributed by atoms with Crippen LogP contribution < -0.4 is 10.1 Å². The van der Waals surface area contributed by atoms with Gasteiger partial charge in [-0.15, -0.1) is 0 Å². The van der Waals surface area contributed by atoms with E-state index in [0.717, 1.165) is 16.9 Å². The third-order valence-electron chi connectivity index (χ3n) is 5.70.